The van der Waals surface area contributed by atoms with Gasteiger partial charge in [0.05, 0.1) is 17.2 Å². The SMILES string of the molecule is CCOc1ccccc1OCc1csc(C(=O)N2CCC(C(F)(F)F)n3nc(C)cc32)c1. The third-order valence-corrected chi connectivity index (χ3v) is 6.03. The van der Waals surface area contributed by atoms with Crippen molar-refractivity contribution < 1.29 is 27.4 Å². The predicted molar refractivity (Wildman–Crippen MR) is 115 cm³/mol. The van der Waals surface area contributed by atoms with Gasteiger partial charge in [0.1, 0.15) is 12.4 Å². The fourth-order valence-corrected chi connectivity index (χ4v) is 4.48. The van der Waals surface area contributed by atoms with Crippen LogP contribution in [0, 0.1) is 6.92 Å². The van der Waals surface area contributed by atoms with Crippen LogP contribution in [0.4, 0.5) is 19.0 Å². The number of anilines is 1. The Balaban J connectivity index is 1.49. The van der Waals surface area contributed by atoms with Crippen molar-refractivity contribution in [2.45, 2.75) is 39.1 Å². The molecule has 0 bridgehead atoms. The van der Waals surface area contributed by atoms with E-state index in [9.17, 15) is 18.0 Å². The summed E-state index contributed by atoms with van der Waals surface area (Å²) in [5.74, 6) is 1.05. The second-order valence-corrected chi connectivity index (χ2v) is 8.29. The average Bonchev–Trinajstić information content (AvgIpc) is 3.37. The fourth-order valence-electron chi connectivity index (χ4n) is 3.63. The molecule has 0 saturated carbocycles. The molecular formula is C22H22F3N3O3S. The van der Waals surface area contributed by atoms with Crippen LogP contribution in [0.5, 0.6) is 11.5 Å². The standard InChI is InChI=1S/C22H22F3N3O3S/c1-3-30-16-6-4-5-7-17(16)31-12-15-11-18(32-13-15)21(29)27-9-8-19(22(23,24)25)28-20(27)10-14(2)26-28/h4-7,10-11,13,19H,3,8-9,12H2,1-2H3. The summed E-state index contributed by atoms with van der Waals surface area (Å²) >= 11 is 1.23. The summed E-state index contributed by atoms with van der Waals surface area (Å²) in [6.07, 6.45) is -4.66. The van der Waals surface area contributed by atoms with Crippen molar-refractivity contribution in [2.75, 3.05) is 18.1 Å². The number of aromatic nitrogens is 2. The van der Waals surface area contributed by atoms with E-state index >= 15 is 0 Å². The molecule has 0 N–H and O–H groups in total. The highest BCUT2D eigenvalue weighted by Gasteiger charge is 2.46. The van der Waals surface area contributed by atoms with Crippen LogP contribution in [-0.2, 0) is 6.61 Å². The van der Waals surface area contributed by atoms with Crippen molar-refractivity contribution in [3.05, 3.63) is 57.9 Å². The Labute approximate surface area is 187 Å². The van der Waals surface area contributed by atoms with Gasteiger partial charge in [-0.2, -0.15) is 18.3 Å². The number of amides is 1. The minimum atomic E-state index is -4.42. The number of ether oxygens (including phenoxy) is 2. The van der Waals surface area contributed by atoms with E-state index in [1.165, 1.54) is 22.3 Å². The third-order valence-electron chi connectivity index (χ3n) is 5.07. The average molecular weight is 465 g/mol. The van der Waals surface area contributed by atoms with Gasteiger partial charge in [-0.25, -0.2) is 4.68 Å². The summed E-state index contributed by atoms with van der Waals surface area (Å²) in [5, 5.41) is 5.80. The lowest BCUT2D eigenvalue weighted by atomic mass is 10.1. The first-order chi connectivity index (χ1) is 15.3. The fraction of sp³-hybridized carbons (Fsp3) is 0.364. The van der Waals surface area contributed by atoms with E-state index in [0.29, 0.717) is 28.7 Å². The molecular weight excluding hydrogens is 443 g/mol. The number of alkyl halides is 3. The number of hydrogen-bond acceptors (Lipinski definition) is 5. The van der Waals surface area contributed by atoms with Crippen molar-refractivity contribution >= 4 is 23.1 Å². The summed E-state index contributed by atoms with van der Waals surface area (Å²) in [4.78, 5) is 14.9. The molecule has 10 heteroatoms. The van der Waals surface area contributed by atoms with E-state index in [1.54, 1.807) is 19.1 Å². The number of aryl methyl sites for hydroxylation is 1. The molecule has 0 spiro atoms. The molecule has 1 atom stereocenters. The van der Waals surface area contributed by atoms with Gasteiger partial charge in [-0.3, -0.25) is 9.69 Å². The van der Waals surface area contributed by atoms with E-state index in [0.717, 1.165) is 10.2 Å². The van der Waals surface area contributed by atoms with Crippen LogP contribution in [0.25, 0.3) is 0 Å². The van der Waals surface area contributed by atoms with Gasteiger partial charge in [0.2, 0.25) is 0 Å². The topological polar surface area (TPSA) is 56.6 Å². The Bertz CT molecular complexity index is 1110. The highest BCUT2D eigenvalue weighted by Crippen LogP contribution is 2.40. The largest absolute Gasteiger partial charge is 0.490 e. The summed E-state index contributed by atoms with van der Waals surface area (Å²) in [7, 11) is 0. The maximum absolute atomic E-state index is 13.4. The lowest BCUT2D eigenvalue weighted by molar-refractivity contribution is -0.172. The van der Waals surface area contributed by atoms with Crippen LogP contribution in [0.15, 0.2) is 41.8 Å². The second-order valence-electron chi connectivity index (χ2n) is 7.38. The summed E-state index contributed by atoms with van der Waals surface area (Å²) < 4.78 is 52.5. The molecule has 0 aliphatic carbocycles. The molecule has 1 aliphatic rings. The lowest BCUT2D eigenvalue weighted by Gasteiger charge is -2.33. The molecule has 6 nitrogen and oxygen atoms in total. The first kappa shape index (κ1) is 22.2. The number of benzene rings is 1. The van der Waals surface area contributed by atoms with Gasteiger partial charge >= 0.3 is 6.18 Å². The second kappa shape index (κ2) is 8.85. The van der Waals surface area contributed by atoms with Crippen molar-refractivity contribution in [2.24, 2.45) is 0 Å². The Morgan fingerprint density at radius 3 is 2.62 bits per heavy atom. The van der Waals surface area contributed by atoms with Crippen LogP contribution < -0.4 is 14.4 Å². The predicted octanol–water partition coefficient (Wildman–Crippen LogP) is 5.38. The number of halogens is 3. The highest BCUT2D eigenvalue weighted by atomic mass is 32.1. The van der Waals surface area contributed by atoms with E-state index < -0.39 is 12.2 Å². The number of fused-ring (bicyclic) bond motifs is 1. The summed E-state index contributed by atoms with van der Waals surface area (Å²) in [6.45, 7) is 4.22. The van der Waals surface area contributed by atoms with Crippen molar-refractivity contribution in [3.63, 3.8) is 0 Å². The molecule has 1 aromatic carbocycles. The van der Waals surface area contributed by atoms with Crippen LogP contribution in [-0.4, -0.2) is 35.0 Å². The Kier molecular flexibility index (Phi) is 6.14. The van der Waals surface area contributed by atoms with Crippen molar-refractivity contribution in [3.8, 4) is 11.5 Å². The van der Waals surface area contributed by atoms with Gasteiger partial charge in [0.25, 0.3) is 5.91 Å². The van der Waals surface area contributed by atoms with Gasteiger partial charge in [0.15, 0.2) is 17.5 Å². The van der Waals surface area contributed by atoms with E-state index in [2.05, 4.69) is 5.10 Å². The molecule has 1 amide bonds. The number of thiophene rings is 1. The molecule has 32 heavy (non-hydrogen) atoms. The van der Waals surface area contributed by atoms with Gasteiger partial charge < -0.3 is 9.47 Å². The molecule has 0 fully saturated rings. The normalized spacial score (nSPS) is 16.0. The number of carbonyl (C=O) groups is 1. The van der Waals surface area contributed by atoms with E-state index in [-0.39, 0.29) is 31.3 Å². The minimum Gasteiger partial charge on any atom is -0.490 e. The highest BCUT2D eigenvalue weighted by molar-refractivity contribution is 7.12. The molecule has 1 aliphatic heterocycles. The number of rotatable bonds is 6. The van der Waals surface area contributed by atoms with Gasteiger partial charge in [0, 0.05) is 18.2 Å². The first-order valence-electron chi connectivity index (χ1n) is 10.1. The summed E-state index contributed by atoms with van der Waals surface area (Å²) in [5.41, 5.74) is 1.22. The Morgan fingerprint density at radius 2 is 1.94 bits per heavy atom. The maximum atomic E-state index is 13.4. The molecule has 0 radical (unpaired) electrons. The van der Waals surface area contributed by atoms with Crippen LogP contribution in [0.2, 0.25) is 0 Å². The molecule has 3 aromatic rings. The number of carbonyl (C=O) groups excluding carboxylic acids is 1. The summed E-state index contributed by atoms with van der Waals surface area (Å²) in [6, 6.07) is 8.81. The molecule has 3 heterocycles. The molecule has 4 rings (SSSR count). The van der Waals surface area contributed by atoms with E-state index in [1.807, 2.05) is 30.5 Å². The van der Waals surface area contributed by atoms with Crippen molar-refractivity contribution in [1.82, 2.24) is 9.78 Å². The maximum Gasteiger partial charge on any atom is 0.410 e. The molecule has 1 unspecified atom stereocenters. The number of para-hydroxylation sites is 2. The van der Waals surface area contributed by atoms with Crippen LogP contribution >= 0.6 is 11.3 Å². The van der Waals surface area contributed by atoms with Gasteiger partial charge in [-0.05, 0) is 43.8 Å². The smallest absolute Gasteiger partial charge is 0.410 e. The Morgan fingerprint density at radius 1 is 1.22 bits per heavy atom. The zero-order valence-corrected chi connectivity index (χ0v) is 18.4. The van der Waals surface area contributed by atoms with Gasteiger partial charge in [-0.15, -0.1) is 11.3 Å². The van der Waals surface area contributed by atoms with E-state index in [4.69, 9.17) is 9.47 Å². The van der Waals surface area contributed by atoms with Crippen molar-refractivity contribution in [1.29, 1.82) is 0 Å². The third kappa shape index (κ3) is 4.45. The quantitative estimate of drug-likeness (QED) is 0.490. The first-order valence-corrected chi connectivity index (χ1v) is 11.0. The zero-order chi connectivity index (χ0) is 22.9. The van der Waals surface area contributed by atoms with Crippen LogP contribution in [0.3, 0.4) is 0 Å². The number of nitrogens with zero attached hydrogens (tertiary/aromatic N) is 3. The molecule has 170 valence electrons. The van der Waals surface area contributed by atoms with Crippen LogP contribution in [0.1, 0.15) is 40.3 Å². The number of hydrogen-bond donors (Lipinski definition) is 0. The lowest BCUT2D eigenvalue weighted by Crippen LogP contribution is -2.42. The monoisotopic (exact) mass is 465 g/mol. The van der Waals surface area contributed by atoms with Gasteiger partial charge in [-0.1, -0.05) is 12.1 Å². The molecule has 0 saturated heterocycles. The minimum absolute atomic E-state index is 0.0282. The Hall–Kier alpha value is -3.01. The molecule has 2 aromatic heterocycles. The zero-order valence-electron chi connectivity index (χ0n) is 17.6.